The van der Waals surface area contributed by atoms with Gasteiger partial charge in [-0.1, -0.05) is 30.3 Å². The predicted molar refractivity (Wildman–Crippen MR) is 105 cm³/mol. The van der Waals surface area contributed by atoms with Gasteiger partial charge in [0.1, 0.15) is 0 Å². The number of carbonyl (C=O) groups excluding carboxylic acids is 1. The summed E-state index contributed by atoms with van der Waals surface area (Å²) in [6.07, 6.45) is 0. The SMILES string of the molecule is CC(C)N1C(=O)C(C)(C)c2cc(N)c(N[C@@H](C)c3ccccc3)cc21. The summed E-state index contributed by atoms with van der Waals surface area (Å²) in [6, 6.07) is 14.5. The topological polar surface area (TPSA) is 58.4 Å². The fraction of sp³-hybridized carbons (Fsp3) is 0.381. The van der Waals surface area contributed by atoms with Gasteiger partial charge in [-0.25, -0.2) is 0 Å². The van der Waals surface area contributed by atoms with Crippen LogP contribution in [0.15, 0.2) is 42.5 Å². The van der Waals surface area contributed by atoms with Crippen LogP contribution in [0, 0.1) is 0 Å². The summed E-state index contributed by atoms with van der Waals surface area (Å²) in [5.74, 6) is 0.130. The molecule has 0 spiro atoms. The summed E-state index contributed by atoms with van der Waals surface area (Å²) < 4.78 is 0. The number of nitrogens with zero attached hydrogens (tertiary/aromatic N) is 1. The van der Waals surface area contributed by atoms with Crippen LogP contribution in [-0.2, 0) is 10.2 Å². The number of carbonyl (C=O) groups is 1. The molecule has 1 atom stereocenters. The second-order valence-electron chi connectivity index (χ2n) is 7.63. The summed E-state index contributed by atoms with van der Waals surface area (Å²) in [5, 5.41) is 3.49. The monoisotopic (exact) mass is 337 g/mol. The first kappa shape index (κ1) is 17.3. The van der Waals surface area contributed by atoms with Crippen LogP contribution in [0.25, 0.3) is 0 Å². The molecule has 0 unspecified atom stereocenters. The van der Waals surface area contributed by atoms with E-state index in [4.69, 9.17) is 5.73 Å². The second kappa shape index (κ2) is 6.10. The zero-order valence-corrected chi connectivity index (χ0v) is 15.6. The molecule has 25 heavy (non-hydrogen) atoms. The van der Waals surface area contributed by atoms with Crippen molar-refractivity contribution in [2.75, 3.05) is 16.0 Å². The number of fused-ring (bicyclic) bond motifs is 1. The van der Waals surface area contributed by atoms with Crippen molar-refractivity contribution in [3.63, 3.8) is 0 Å². The van der Waals surface area contributed by atoms with Crippen molar-refractivity contribution in [3.8, 4) is 0 Å². The third kappa shape index (κ3) is 2.86. The number of hydrogen-bond acceptors (Lipinski definition) is 3. The molecular weight excluding hydrogens is 310 g/mol. The molecule has 0 aromatic heterocycles. The molecule has 0 aliphatic carbocycles. The molecule has 0 saturated heterocycles. The van der Waals surface area contributed by atoms with Crippen molar-refractivity contribution in [2.24, 2.45) is 0 Å². The molecule has 3 rings (SSSR count). The zero-order valence-electron chi connectivity index (χ0n) is 15.6. The molecule has 1 heterocycles. The number of rotatable bonds is 4. The lowest BCUT2D eigenvalue weighted by atomic mass is 9.85. The fourth-order valence-electron chi connectivity index (χ4n) is 3.53. The first-order valence-electron chi connectivity index (χ1n) is 8.82. The van der Waals surface area contributed by atoms with Gasteiger partial charge in [-0.15, -0.1) is 0 Å². The van der Waals surface area contributed by atoms with Gasteiger partial charge < -0.3 is 16.0 Å². The smallest absolute Gasteiger partial charge is 0.237 e. The summed E-state index contributed by atoms with van der Waals surface area (Å²) in [6.45, 7) is 10.1. The van der Waals surface area contributed by atoms with Crippen LogP contribution < -0.4 is 16.0 Å². The average molecular weight is 337 g/mol. The van der Waals surface area contributed by atoms with Gasteiger partial charge in [-0.2, -0.15) is 0 Å². The lowest BCUT2D eigenvalue weighted by molar-refractivity contribution is -0.122. The molecule has 2 aromatic carbocycles. The Balaban J connectivity index is 2.00. The highest BCUT2D eigenvalue weighted by Gasteiger charge is 2.45. The van der Waals surface area contributed by atoms with Gasteiger partial charge in [0.2, 0.25) is 5.91 Å². The van der Waals surface area contributed by atoms with Crippen LogP contribution in [0.3, 0.4) is 0 Å². The van der Waals surface area contributed by atoms with Crippen LogP contribution in [-0.4, -0.2) is 11.9 Å². The van der Waals surface area contributed by atoms with Gasteiger partial charge >= 0.3 is 0 Å². The number of nitrogen functional groups attached to an aromatic ring is 1. The maximum absolute atomic E-state index is 12.9. The summed E-state index contributed by atoms with van der Waals surface area (Å²) >= 11 is 0. The molecule has 0 bridgehead atoms. The van der Waals surface area contributed by atoms with Crippen LogP contribution in [0.1, 0.15) is 51.8 Å². The van der Waals surface area contributed by atoms with Crippen LogP contribution >= 0.6 is 0 Å². The van der Waals surface area contributed by atoms with E-state index in [0.29, 0.717) is 5.69 Å². The van der Waals surface area contributed by atoms with E-state index >= 15 is 0 Å². The number of amides is 1. The molecule has 0 saturated carbocycles. The Morgan fingerprint density at radius 1 is 1.08 bits per heavy atom. The standard InChI is InChI=1S/C21H27N3O/c1-13(2)24-19-12-18(23-14(3)15-9-7-6-8-10-15)17(22)11-16(19)21(4,5)20(24)25/h6-14,23H,22H2,1-5H3/t14-/m0/s1. The van der Waals surface area contributed by atoms with Crippen molar-refractivity contribution in [1.82, 2.24) is 0 Å². The number of nitrogens with one attached hydrogen (secondary N) is 1. The van der Waals surface area contributed by atoms with Gasteiger partial charge in [0.05, 0.1) is 22.5 Å². The molecular formula is C21H27N3O. The van der Waals surface area contributed by atoms with Crippen LogP contribution in [0.5, 0.6) is 0 Å². The van der Waals surface area contributed by atoms with E-state index in [1.54, 1.807) is 0 Å². The van der Waals surface area contributed by atoms with E-state index in [2.05, 4.69) is 24.4 Å². The normalized spacial score (nSPS) is 16.9. The minimum atomic E-state index is -0.544. The van der Waals surface area contributed by atoms with Crippen molar-refractivity contribution in [2.45, 2.75) is 52.1 Å². The Hall–Kier alpha value is -2.49. The molecule has 3 N–H and O–H groups in total. The Bertz CT molecular complexity index is 796. The highest BCUT2D eigenvalue weighted by Crippen LogP contribution is 2.46. The zero-order chi connectivity index (χ0) is 18.4. The molecule has 0 fully saturated rings. The molecule has 4 nitrogen and oxygen atoms in total. The maximum atomic E-state index is 12.9. The molecule has 1 amide bonds. The Morgan fingerprint density at radius 3 is 2.32 bits per heavy atom. The van der Waals surface area contributed by atoms with Crippen molar-refractivity contribution in [3.05, 3.63) is 53.6 Å². The molecule has 0 radical (unpaired) electrons. The van der Waals surface area contributed by atoms with E-state index in [1.807, 2.05) is 62.9 Å². The van der Waals surface area contributed by atoms with Crippen LogP contribution in [0.4, 0.5) is 17.1 Å². The first-order valence-corrected chi connectivity index (χ1v) is 8.82. The van der Waals surface area contributed by atoms with E-state index in [1.165, 1.54) is 5.56 Å². The van der Waals surface area contributed by atoms with Crippen LogP contribution in [0.2, 0.25) is 0 Å². The van der Waals surface area contributed by atoms with Gasteiger partial charge in [0.25, 0.3) is 0 Å². The van der Waals surface area contributed by atoms with Gasteiger partial charge in [-0.3, -0.25) is 4.79 Å². The second-order valence-corrected chi connectivity index (χ2v) is 7.63. The number of benzene rings is 2. The van der Waals surface area contributed by atoms with Crippen molar-refractivity contribution >= 4 is 23.0 Å². The van der Waals surface area contributed by atoms with Crippen molar-refractivity contribution in [1.29, 1.82) is 0 Å². The summed E-state index contributed by atoms with van der Waals surface area (Å²) in [4.78, 5) is 14.7. The molecule has 4 heteroatoms. The quantitative estimate of drug-likeness (QED) is 0.809. The largest absolute Gasteiger partial charge is 0.397 e. The summed E-state index contributed by atoms with van der Waals surface area (Å²) in [7, 11) is 0. The fourth-order valence-corrected chi connectivity index (χ4v) is 3.53. The highest BCUT2D eigenvalue weighted by molar-refractivity contribution is 6.09. The van der Waals surface area contributed by atoms with Gasteiger partial charge in [0.15, 0.2) is 0 Å². The van der Waals surface area contributed by atoms with E-state index < -0.39 is 5.41 Å². The Labute approximate surface area is 150 Å². The van der Waals surface area contributed by atoms with E-state index in [0.717, 1.165) is 16.9 Å². The van der Waals surface area contributed by atoms with E-state index in [9.17, 15) is 4.79 Å². The third-order valence-corrected chi connectivity index (χ3v) is 5.04. The maximum Gasteiger partial charge on any atom is 0.237 e. The Kier molecular flexibility index (Phi) is 4.23. The summed E-state index contributed by atoms with van der Waals surface area (Å²) in [5.41, 5.74) is 10.5. The lowest BCUT2D eigenvalue weighted by Crippen LogP contribution is -2.40. The number of hydrogen-bond donors (Lipinski definition) is 2. The number of nitrogens with two attached hydrogens (primary N) is 1. The molecule has 2 aromatic rings. The number of anilines is 3. The average Bonchev–Trinajstić information content (AvgIpc) is 2.75. The van der Waals surface area contributed by atoms with Gasteiger partial charge in [0, 0.05) is 12.1 Å². The van der Waals surface area contributed by atoms with E-state index in [-0.39, 0.29) is 18.0 Å². The van der Waals surface area contributed by atoms with Gasteiger partial charge in [-0.05, 0) is 57.9 Å². The molecule has 1 aliphatic rings. The minimum Gasteiger partial charge on any atom is -0.397 e. The molecule has 1 aliphatic heterocycles. The van der Waals surface area contributed by atoms with Crippen molar-refractivity contribution < 1.29 is 4.79 Å². The first-order chi connectivity index (χ1) is 11.7. The minimum absolute atomic E-state index is 0.107. The predicted octanol–water partition coefficient (Wildman–Crippen LogP) is 4.47. The lowest BCUT2D eigenvalue weighted by Gasteiger charge is -2.24. The Morgan fingerprint density at radius 2 is 1.72 bits per heavy atom. The third-order valence-electron chi connectivity index (χ3n) is 5.04. The highest BCUT2D eigenvalue weighted by atomic mass is 16.2. The molecule has 132 valence electrons.